The predicted molar refractivity (Wildman–Crippen MR) is 114 cm³/mol. The molecular formula is C23H31N3O3. The van der Waals surface area contributed by atoms with Gasteiger partial charge in [0, 0.05) is 31.0 Å². The lowest BCUT2D eigenvalue weighted by atomic mass is 10.0. The lowest BCUT2D eigenvalue weighted by Crippen LogP contribution is -2.42. The molecule has 0 radical (unpaired) electrons. The molecule has 1 saturated heterocycles. The van der Waals surface area contributed by atoms with Gasteiger partial charge in [-0.15, -0.1) is 0 Å². The Morgan fingerprint density at radius 2 is 1.76 bits per heavy atom. The van der Waals surface area contributed by atoms with E-state index in [2.05, 4.69) is 12.2 Å². The van der Waals surface area contributed by atoms with Crippen LogP contribution in [0.4, 0.5) is 10.5 Å². The highest BCUT2D eigenvalue weighted by Gasteiger charge is 2.28. The van der Waals surface area contributed by atoms with Gasteiger partial charge in [0.05, 0.1) is 0 Å². The molecule has 1 N–H and O–H groups in total. The van der Waals surface area contributed by atoms with Crippen molar-refractivity contribution in [3.63, 3.8) is 0 Å². The van der Waals surface area contributed by atoms with Gasteiger partial charge < -0.3 is 19.5 Å². The lowest BCUT2D eigenvalue weighted by molar-refractivity contribution is 0.0187. The van der Waals surface area contributed by atoms with Crippen molar-refractivity contribution in [1.82, 2.24) is 9.47 Å². The number of nitrogens with zero attached hydrogens (tertiary/aromatic N) is 2. The molecule has 156 valence electrons. The maximum atomic E-state index is 12.8. The molecule has 3 rings (SSSR count). The number of carbonyl (C=O) groups is 2. The average Bonchev–Trinajstić information content (AvgIpc) is 3.13. The predicted octanol–water partition coefficient (Wildman–Crippen LogP) is 4.93. The standard InChI is InChI=1S/C23H31N3O3/c1-16-8-9-18(15-17(16)2)24-21(27)20-7-6-12-26(20)19-10-13-25(14-11-19)22(28)29-23(3,4)5/h6-9,12,15,19H,10-11,13-14H2,1-5H3,(H,24,27). The molecule has 6 heteroatoms. The second-order valence-corrected chi connectivity index (χ2v) is 8.75. The molecule has 0 spiro atoms. The van der Waals surface area contributed by atoms with Crippen molar-refractivity contribution in [2.45, 2.75) is 59.1 Å². The minimum absolute atomic E-state index is 0.118. The summed E-state index contributed by atoms with van der Waals surface area (Å²) in [7, 11) is 0. The number of hydrogen-bond acceptors (Lipinski definition) is 3. The van der Waals surface area contributed by atoms with Gasteiger partial charge in [-0.2, -0.15) is 0 Å². The number of piperidine rings is 1. The monoisotopic (exact) mass is 397 g/mol. The molecule has 2 aromatic rings. The molecular weight excluding hydrogens is 366 g/mol. The van der Waals surface area contributed by atoms with Crippen molar-refractivity contribution in [3.8, 4) is 0 Å². The highest BCUT2D eigenvalue weighted by atomic mass is 16.6. The summed E-state index contributed by atoms with van der Waals surface area (Å²) >= 11 is 0. The molecule has 1 aromatic carbocycles. The molecule has 1 aromatic heterocycles. The Labute approximate surface area is 172 Å². The highest BCUT2D eigenvalue weighted by molar-refractivity contribution is 6.03. The fourth-order valence-electron chi connectivity index (χ4n) is 3.57. The molecule has 2 heterocycles. The number of aryl methyl sites for hydroxylation is 2. The SMILES string of the molecule is Cc1ccc(NC(=O)c2cccn2C2CCN(C(=O)OC(C)(C)C)CC2)cc1C. The minimum Gasteiger partial charge on any atom is -0.444 e. The van der Waals surface area contributed by atoms with Crippen molar-refractivity contribution in [1.29, 1.82) is 0 Å². The molecule has 1 aliphatic heterocycles. The van der Waals surface area contributed by atoms with Gasteiger partial charge in [0.2, 0.25) is 0 Å². The van der Waals surface area contributed by atoms with Crippen LogP contribution in [-0.4, -0.2) is 40.2 Å². The van der Waals surface area contributed by atoms with E-state index >= 15 is 0 Å². The summed E-state index contributed by atoms with van der Waals surface area (Å²) in [4.78, 5) is 26.9. The van der Waals surface area contributed by atoms with Crippen LogP contribution in [0.5, 0.6) is 0 Å². The van der Waals surface area contributed by atoms with Crippen molar-refractivity contribution in [3.05, 3.63) is 53.3 Å². The molecule has 1 aliphatic rings. The van der Waals surface area contributed by atoms with E-state index in [0.717, 1.165) is 24.1 Å². The van der Waals surface area contributed by atoms with Gasteiger partial charge in [-0.05, 0) is 82.9 Å². The Balaban J connectivity index is 1.64. The Hall–Kier alpha value is -2.76. The van der Waals surface area contributed by atoms with Gasteiger partial charge in [0.15, 0.2) is 0 Å². The number of carbonyl (C=O) groups excluding carboxylic acids is 2. The third-order valence-electron chi connectivity index (χ3n) is 5.29. The number of rotatable bonds is 3. The van der Waals surface area contributed by atoms with Crippen molar-refractivity contribution in [2.75, 3.05) is 18.4 Å². The lowest BCUT2D eigenvalue weighted by Gasteiger charge is -2.34. The summed E-state index contributed by atoms with van der Waals surface area (Å²) in [5, 5.41) is 3.00. The first-order valence-corrected chi connectivity index (χ1v) is 10.2. The molecule has 0 saturated carbocycles. The zero-order chi connectivity index (χ0) is 21.2. The van der Waals surface area contributed by atoms with E-state index in [-0.39, 0.29) is 18.0 Å². The number of aromatic nitrogens is 1. The fourth-order valence-corrected chi connectivity index (χ4v) is 3.57. The van der Waals surface area contributed by atoms with Crippen LogP contribution in [0.2, 0.25) is 0 Å². The third kappa shape index (κ3) is 5.19. The van der Waals surface area contributed by atoms with Crippen LogP contribution in [0.3, 0.4) is 0 Å². The summed E-state index contributed by atoms with van der Waals surface area (Å²) in [5.41, 5.74) is 3.29. The summed E-state index contributed by atoms with van der Waals surface area (Å²) in [6.07, 6.45) is 3.26. The first kappa shape index (κ1) is 21.0. The van der Waals surface area contributed by atoms with Gasteiger partial charge in [-0.1, -0.05) is 6.07 Å². The summed E-state index contributed by atoms with van der Waals surface area (Å²) < 4.78 is 7.50. The number of benzene rings is 1. The van der Waals surface area contributed by atoms with Crippen LogP contribution in [-0.2, 0) is 4.74 Å². The van der Waals surface area contributed by atoms with Gasteiger partial charge in [-0.25, -0.2) is 4.79 Å². The number of anilines is 1. The van der Waals surface area contributed by atoms with Crippen molar-refractivity contribution in [2.24, 2.45) is 0 Å². The summed E-state index contributed by atoms with van der Waals surface area (Å²) in [6.45, 7) is 10.9. The van der Waals surface area contributed by atoms with E-state index in [1.807, 2.05) is 68.8 Å². The van der Waals surface area contributed by atoms with Crippen LogP contribution in [0.1, 0.15) is 61.3 Å². The molecule has 0 bridgehead atoms. The maximum absolute atomic E-state index is 12.8. The average molecular weight is 398 g/mol. The maximum Gasteiger partial charge on any atom is 0.410 e. The van der Waals surface area contributed by atoms with E-state index in [0.29, 0.717) is 18.8 Å². The quantitative estimate of drug-likeness (QED) is 0.799. The second kappa shape index (κ2) is 8.31. The number of amides is 2. The minimum atomic E-state index is -0.492. The van der Waals surface area contributed by atoms with Gasteiger partial charge in [0.25, 0.3) is 5.91 Å². The topological polar surface area (TPSA) is 63.6 Å². The Kier molecular flexibility index (Phi) is 6.01. The Morgan fingerprint density at radius 3 is 2.38 bits per heavy atom. The first-order chi connectivity index (χ1) is 13.6. The van der Waals surface area contributed by atoms with E-state index < -0.39 is 5.60 Å². The molecule has 0 aliphatic carbocycles. The molecule has 6 nitrogen and oxygen atoms in total. The van der Waals surface area contributed by atoms with Gasteiger partial charge >= 0.3 is 6.09 Å². The van der Waals surface area contributed by atoms with E-state index in [9.17, 15) is 9.59 Å². The van der Waals surface area contributed by atoms with Gasteiger partial charge in [0.1, 0.15) is 11.3 Å². The van der Waals surface area contributed by atoms with Crippen molar-refractivity contribution < 1.29 is 14.3 Å². The van der Waals surface area contributed by atoms with Gasteiger partial charge in [-0.3, -0.25) is 4.79 Å². The molecule has 2 amide bonds. The molecule has 0 unspecified atom stereocenters. The largest absolute Gasteiger partial charge is 0.444 e. The zero-order valence-electron chi connectivity index (χ0n) is 18.0. The van der Waals surface area contributed by atoms with Crippen molar-refractivity contribution >= 4 is 17.7 Å². The van der Waals surface area contributed by atoms with E-state index in [4.69, 9.17) is 4.74 Å². The highest BCUT2D eigenvalue weighted by Crippen LogP contribution is 2.26. The first-order valence-electron chi connectivity index (χ1n) is 10.2. The summed E-state index contributed by atoms with van der Waals surface area (Å²) in [5.74, 6) is -0.118. The number of hydrogen-bond donors (Lipinski definition) is 1. The number of likely N-dealkylation sites (tertiary alicyclic amines) is 1. The molecule has 29 heavy (non-hydrogen) atoms. The molecule has 0 atom stereocenters. The number of ether oxygens (including phenoxy) is 1. The van der Waals surface area contributed by atoms with Crippen LogP contribution < -0.4 is 5.32 Å². The zero-order valence-corrected chi connectivity index (χ0v) is 18.0. The Bertz CT molecular complexity index is 887. The molecule has 1 fully saturated rings. The smallest absolute Gasteiger partial charge is 0.410 e. The van der Waals surface area contributed by atoms with Crippen LogP contribution >= 0.6 is 0 Å². The third-order valence-corrected chi connectivity index (χ3v) is 5.29. The van der Waals surface area contributed by atoms with E-state index in [1.54, 1.807) is 4.90 Å². The van der Waals surface area contributed by atoms with Crippen LogP contribution in [0.25, 0.3) is 0 Å². The summed E-state index contributed by atoms with van der Waals surface area (Å²) in [6, 6.07) is 9.85. The van der Waals surface area contributed by atoms with Crippen LogP contribution in [0, 0.1) is 13.8 Å². The fraction of sp³-hybridized carbons (Fsp3) is 0.478. The number of nitrogens with one attached hydrogen (secondary N) is 1. The Morgan fingerprint density at radius 1 is 1.07 bits per heavy atom. The van der Waals surface area contributed by atoms with Crippen LogP contribution in [0.15, 0.2) is 36.5 Å². The van der Waals surface area contributed by atoms with E-state index in [1.165, 1.54) is 5.56 Å². The normalized spacial score (nSPS) is 15.3. The second-order valence-electron chi connectivity index (χ2n) is 8.75.